The molecule has 21 heavy (non-hydrogen) atoms. The molecule has 0 radical (unpaired) electrons. The van der Waals surface area contributed by atoms with Crippen molar-refractivity contribution in [1.29, 1.82) is 0 Å². The lowest BCUT2D eigenvalue weighted by Crippen LogP contribution is -2.32. The molecule has 0 amide bonds. The Balaban J connectivity index is 2.06. The van der Waals surface area contributed by atoms with Crippen LogP contribution in [0.15, 0.2) is 39.3 Å². The smallest absolute Gasteiger partial charge is 0.405 e. The first-order valence-electron chi connectivity index (χ1n) is 6.85. The molecule has 0 unspecified atom stereocenters. The van der Waals surface area contributed by atoms with Crippen LogP contribution in [-0.2, 0) is 9.31 Å². The molecule has 2 aromatic rings. The monoisotopic (exact) mass is 408 g/mol. The van der Waals surface area contributed by atoms with E-state index >= 15 is 0 Å². The Morgan fingerprint density at radius 3 is 1.90 bits per heavy atom. The lowest BCUT2D eigenvalue weighted by molar-refractivity contribution is 0.365. The fraction of sp³-hybridized carbons (Fsp3) is 0.250. The Morgan fingerprint density at radius 2 is 1.38 bits per heavy atom. The van der Waals surface area contributed by atoms with E-state index in [-0.39, 0.29) is 7.12 Å². The highest BCUT2D eigenvalue weighted by atomic mass is 79.9. The van der Waals surface area contributed by atoms with Crippen molar-refractivity contribution in [1.82, 2.24) is 0 Å². The summed E-state index contributed by atoms with van der Waals surface area (Å²) >= 11 is 7.12. The van der Waals surface area contributed by atoms with E-state index < -0.39 is 0 Å². The SMILES string of the molecule is Cc1cc(B2OCCO2)cc(C)c1-c1cc(Br)cc(Br)c1. The Bertz CT molecular complexity index is 639. The summed E-state index contributed by atoms with van der Waals surface area (Å²) in [6, 6.07) is 10.6. The second-order valence-electron chi connectivity index (χ2n) is 5.26. The van der Waals surface area contributed by atoms with E-state index in [2.05, 4.69) is 70.0 Å². The molecule has 1 saturated heterocycles. The summed E-state index contributed by atoms with van der Waals surface area (Å²) in [4.78, 5) is 0. The summed E-state index contributed by atoms with van der Waals surface area (Å²) in [5.74, 6) is 0. The van der Waals surface area contributed by atoms with Gasteiger partial charge in [0.15, 0.2) is 0 Å². The highest BCUT2D eigenvalue weighted by molar-refractivity contribution is 9.11. The van der Waals surface area contributed by atoms with Crippen LogP contribution in [0.5, 0.6) is 0 Å². The lowest BCUT2D eigenvalue weighted by Gasteiger charge is -2.14. The minimum Gasteiger partial charge on any atom is -0.405 e. The molecule has 1 aliphatic heterocycles. The summed E-state index contributed by atoms with van der Waals surface area (Å²) < 4.78 is 13.3. The topological polar surface area (TPSA) is 18.5 Å². The summed E-state index contributed by atoms with van der Waals surface area (Å²) in [6.45, 7) is 5.61. The van der Waals surface area contributed by atoms with Crippen molar-refractivity contribution in [2.24, 2.45) is 0 Å². The van der Waals surface area contributed by atoms with E-state index in [1.165, 1.54) is 22.3 Å². The molecule has 0 N–H and O–H groups in total. The van der Waals surface area contributed by atoms with Crippen molar-refractivity contribution in [2.75, 3.05) is 13.2 Å². The van der Waals surface area contributed by atoms with Crippen molar-refractivity contribution in [3.05, 3.63) is 50.4 Å². The average molecular weight is 410 g/mol. The van der Waals surface area contributed by atoms with Gasteiger partial charge in [-0.25, -0.2) is 0 Å². The van der Waals surface area contributed by atoms with Crippen LogP contribution in [0, 0.1) is 13.8 Å². The van der Waals surface area contributed by atoms with Crippen molar-refractivity contribution in [2.45, 2.75) is 13.8 Å². The number of benzene rings is 2. The van der Waals surface area contributed by atoms with Crippen LogP contribution >= 0.6 is 31.9 Å². The lowest BCUT2D eigenvalue weighted by atomic mass is 9.76. The van der Waals surface area contributed by atoms with E-state index in [1.807, 2.05) is 6.07 Å². The maximum absolute atomic E-state index is 5.60. The van der Waals surface area contributed by atoms with E-state index in [0.717, 1.165) is 14.4 Å². The fourth-order valence-corrected chi connectivity index (χ4v) is 4.13. The molecule has 0 saturated carbocycles. The van der Waals surface area contributed by atoms with E-state index in [4.69, 9.17) is 9.31 Å². The molecule has 1 fully saturated rings. The molecular formula is C16H15BBr2O2. The third kappa shape index (κ3) is 3.26. The van der Waals surface area contributed by atoms with Crippen molar-refractivity contribution < 1.29 is 9.31 Å². The van der Waals surface area contributed by atoms with Gasteiger partial charge in [-0.05, 0) is 59.8 Å². The van der Waals surface area contributed by atoms with Crippen LogP contribution in [0.2, 0.25) is 0 Å². The molecule has 0 atom stereocenters. The highest BCUT2D eigenvalue weighted by Crippen LogP contribution is 2.31. The van der Waals surface area contributed by atoms with E-state index in [0.29, 0.717) is 13.2 Å². The van der Waals surface area contributed by atoms with E-state index in [1.54, 1.807) is 0 Å². The van der Waals surface area contributed by atoms with Crippen LogP contribution < -0.4 is 5.46 Å². The van der Waals surface area contributed by atoms with Gasteiger partial charge in [-0.15, -0.1) is 0 Å². The first-order valence-corrected chi connectivity index (χ1v) is 8.44. The molecule has 1 aliphatic rings. The Labute approximate surface area is 142 Å². The molecule has 0 aromatic heterocycles. The van der Waals surface area contributed by atoms with Gasteiger partial charge in [0.1, 0.15) is 0 Å². The first kappa shape index (κ1) is 15.3. The Morgan fingerprint density at radius 1 is 0.857 bits per heavy atom. The second kappa shape index (κ2) is 6.25. The predicted molar refractivity (Wildman–Crippen MR) is 94.0 cm³/mol. The van der Waals surface area contributed by atoms with Gasteiger partial charge >= 0.3 is 7.12 Å². The maximum Gasteiger partial charge on any atom is 0.494 e. The number of hydrogen-bond donors (Lipinski definition) is 0. The normalized spacial score (nSPS) is 14.8. The summed E-state index contributed by atoms with van der Waals surface area (Å²) in [6.07, 6.45) is 0. The average Bonchev–Trinajstić information content (AvgIpc) is 2.90. The molecule has 2 aromatic carbocycles. The number of rotatable bonds is 2. The van der Waals surface area contributed by atoms with Crippen LogP contribution in [-0.4, -0.2) is 20.3 Å². The van der Waals surface area contributed by atoms with Crippen LogP contribution in [0.4, 0.5) is 0 Å². The van der Waals surface area contributed by atoms with Gasteiger partial charge in [0, 0.05) is 8.95 Å². The zero-order valence-electron chi connectivity index (χ0n) is 12.0. The van der Waals surface area contributed by atoms with Gasteiger partial charge in [-0.1, -0.05) is 44.0 Å². The Kier molecular flexibility index (Phi) is 4.55. The third-order valence-corrected chi connectivity index (χ3v) is 4.52. The molecule has 5 heteroatoms. The minimum absolute atomic E-state index is 0.217. The maximum atomic E-state index is 5.60. The third-order valence-electron chi connectivity index (χ3n) is 3.60. The summed E-state index contributed by atoms with van der Waals surface area (Å²) in [7, 11) is -0.217. The molecule has 0 aliphatic carbocycles. The van der Waals surface area contributed by atoms with Gasteiger partial charge in [0.05, 0.1) is 13.2 Å². The zero-order valence-corrected chi connectivity index (χ0v) is 15.1. The summed E-state index contributed by atoms with van der Waals surface area (Å²) in [5, 5.41) is 0. The van der Waals surface area contributed by atoms with E-state index in [9.17, 15) is 0 Å². The van der Waals surface area contributed by atoms with Gasteiger partial charge in [-0.2, -0.15) is 0 Å². The zero-order chi connectivity index (χ0) is 15.0. The molecule has 0 spiro atoms. The van der Waals surface area contributed by atoms with Crippen LogP contribution in [0.1, 0.15) is 11.1 Å². The van der Waals surface area contributed by atoms with Gasteiger partial charge in [0.2, 0.25) is 0 Å². The van der Waals surface area contributed by atoms with Crippen LogP contribution in [0.3, 0.4) is 0 Å². The fourth-order valence-electron chi connectivity index (χ4n) is 2.84. The first-order chi connectivity index (χ1) is 10.0. The van der Waals surface area contributed by atoms with Crippen molar-refractivity contribution in [3.63, 3.8) is 0 Å². The Hall–Kier alpha value is -0.615. The largest absolute Gasteiger partial charge is 0.494 e. The minimum atomic E-state index is -0.217. The molecule has 108 valence electrons. The number of aryl methyl sites for hydroxylation is 2. The molecule has 0 bridgehead atoms. The quantitative estimate of drug-likeness (QED) is 0.691. The standard InChI is InChI=1S/C16H15BBr2O2/c1-10-5-13(17-20-3-4-21-17)6-11(2)16(10)12-7-14(18)9-15(19)8-12/h5-9H,3-4H2,1-2H3. The number of halogens is 2. The molecule has 2 nitrogen and oxygen atoms in total. The van der Waals surface area contributed by atoms with Gasteiger partial charge < -0.3 is 9.31 Å². The molecule has 3 rings (SSSR count). The second-order valence-corrected chi connectivity index (χ2v) is 7.09. The van der Waals surface area contributed by atoms with Crippen molar-refractivity contribution >= 4 is 44.4 Å². The van der Waals surface area contributed by atoms with Gasteiger partial charge in [0.25, 0.3) is 0 Å². The number of hydrogen-bond acceptors (Lipinski definition) is 2. The predicted octanol–water partition coefficient (Wildman–Crippen LogP) is 4.24. The molecule has 1 heterocycles. The van der Waals surface area contributed by atoms with Crippen molar-refractivity contribution in [3.8, 4) is 11.1 Å². The summed E-state index contributed by atoms with van der Waals surface area (Å²) in [5.41, 5.74) is 6.02. The molecular weight excluding hydrogens is 395 g/mol. The highest BCUT2D eigenvalue weighted by Gasteiger charge is 2.27. The van der Waals surface area contributed by atoms with Crippen LogP contribution in [0.25, 0.3) is 11.1 Å². The van der Waals surface area contributed by atoms with Gasteiger partial charge in [-0.3, -0.25) is 0 Å².